The van der Waals surface area contributed by atoms with E-state index < -0.39 is 269 Å². The molecule has 34 heteroatoms. The molecular formula is C67H108O34. The Morgan fingerprint density at radius 1 is 0.446 bits per heavy atom. The summed E-state index contributed by atoms with van der Waals surface area (Å²) in [7, 11) is 2.34. The Bertz CT molecular complexity index is 2860. The van der Waals surface area contributed by atoms with E-state index in [1.165, 1.54) is 7.11 Å². The highest BCUT2D eigenvalue weighted by atomic mass is 16.8. The SMILES string of the molecule is CO[C@@H]1[C@@H](O)[C@H](O[C@@H]2[C@@H](O)[C@H](O[C@H]3[C@H](O)[C@@H](O)[C@H](O[C@H]4[C@H](O[C@H]5CC[C@]6(C)C7=C[C@@H](O)[C@]89C(=O)O[C@@](C)(C%10CCC(C)(C)O%10)[C@H]8CC[C@@]9(C)[C@@H]7CC[C@H]6C5(C)C)OC[C@@H](O[C@@H]5O[C@H](CO)[C@@H](O[C@@H]6O[C@H](CO)[C@@H](O)[C@H](OC)[C@H]6O)[C@H](O)[C@H]5O)[C@@H]4O)O[C@@H]3CO)O[C@H](CO)[C@H]2O)O[C@H](CO)[C@H]1O. The van der Waals surface area contributed by atoms with E-state index in [4.69, 9.17) is 75.8 Å². The monoisotopic (exact) mass is 1460 g/mol. The molecule has 1 unspecified atom stereocenters. The van der Waals surface area contributed by atoms with Crippen molar-refractivity contribution in [3.8, 4) is 0 Å². The second kappa shape index (κ2) is 29.7. The number of methoxy groups -OCH3 is 2. The van der Waals surface area contributed by atoms with Gasteiger partial charge in [0, 0.05) is 20.1 Å². The summed E-state index contributed by atoms with van der Waals surface area (Å²) in [5, 5.41) is 191. The standard InChI is InChI=1S/C67H108O34/c1-62(2)15-13-37(100-62)66(7)34-12-17-65(6)25-10-11-33-63(3,4)36(14-16-64(33,5)26(25)18-35(73)67(34,65)61(85)101-66)95-60-54(41(77)32(24-88-60)94-55-44(80)42(78)49(30(22-71)92-55)96-57-46(82)51(86-8)38(74)27(19-68)89-57)99-56-45(81)43(79)50(31(23-72)93-56)97-59-48(84)53(40(76)29(21-70)91-59)98-58-47(83)52(87-9)39(75)28(20-69)90-58/h18,25,27-60,68-84H,10-17,19-24H2,1-9H3/t25-,27-,28-,29-,30-,31-,32-,33+,34-,35-,36+,37?,38-,39-,40-,41+,42-,43-,44-,45-,46-,47-,48-,49-,50-,51+,52+,53+,54-,55+,56+,57+,58+,59+,60+,64-,65+,66-,67+/m1/s1. The quantitative estimate of drug-likeness (QED) is 0.0307. The van der Waals surface area contributed by atoms with Crippen LogP contribution in [0.5, 0.6) is 0 Å². The summed E-state index contributed by atoms with van der Waals surface area (Å²) in [6, 6.07) is 0. The lowest BCUT2D eigenvalue weighted by Gasteiger charge is -2.64. The van der Waals surface area contributed by atoms with Gasteiger partial charge in [0.1, 0.15) is 151 Å². The average molecular weight is 1460 g/mol. The first-order chi connectivity index (χ1) is 47.7. The summed E-state index contributed by atoms with van der Waals surface area (Å²) in [6.45, 7) is 9.58. The largest absolute Gasteiger partial charge is 0.456 e. The lowest BCUT2D eigenvalue weighted by molar-refractivity contribution is -0.399. The summed E-state index contributed by atoms with van der Waals surface area (Å²) in [4.78, 5) is 14.8. The molecule has 11 fully saturated rings. The zero-order valence-electron chi connectivity index (χ0n) is 58.2. The fourth-order valence-corrected chi connectivity index (χ4v) is 20.0. The van der Waals surface area contributed by atoms with Crippen LogP contribution in [-0.2, 0) is 80.6 Å². The van der Waals surface area contributed by atoms with Gasteiger partial charge in [-0.1, -0.05) is 39.3 Å². The maximum Gasteiger partial charge on any atom is 0.316 e. The Kier molecular flexibility index (Phi) is 23.1. The van der Waals surface area contributed by atoms with Crippen molar-refractivity contribution in [2.24, 2.45) is 39.4 Å². The zero-order valence-corrected chi connectivity index (χ0v) is 58.2. The summed E-state index contributed by atoms with van der Waals surface area (Å²) >= 11 is 0. The summed E-state index contributed by atoms with van der Waals surface area (Å²) in [5.41, 5.74) is -3.44. The van der Waals surface area contributed by atoms with Gasteiger partial charge >= 0.3 is 5.97 Å². The van der Waals surface area contributed by atoms with Gasteiger partial charge in [-0.2, -0.15) is 0 Å². The molecule has 1 spiro atoms. The third kappa shape index (κ3) is 13.0. The van der Waals surface area contributed by atoms with Crippen molar-refractivity contribution in [1.82, 2.24) is 0 Å². The Morgan fingerprint density at radius 3 is 1.41 bits per heavy atom. The van der Waals surface area contributed by atoms with Gasteiger partial charge in [-0.25, -0.2) is 0 Å². The van der Waals surface area contributed by atoms with Crippen LogP contribution in [0.2, 0.25) is 0 Å². The van der Waals surface area contributed by atoms with Crippen molar-refractivity contribution in [3.05, 3.63) is 11.6 Å². The highest BCUT2D eigenvalue weighted by Crippen LogP contribution is 2.76. The number of hydrogen-bond acceptors (Lipinski definition) is 34. The predicted molar refractivity (Wildman–Crippen MR) is 333 cm³/mol. The van der Waals surface area contributed by atoms with E-state index in [0.29, 0.717) is 38.5 Å². The van der Waals surface area contributed by atoms with Gasteiger partial charge < -0.3 is 163 Å². The van der Waals surface area contributed by atoms with E-state index in [1.807, 2.05) is 40.7 Å². The molecule has 101 heavy (non-hydrogen) atoms. The molecule has 8 heterocycles. The van der Waals surface area contributed by atoms with Crippen molar-refractivity contribution in [3.63, 3.8) is 0 Å². The first-order valence-electron chi connectivity index (χ1n) is 35.4. The number of hydrogen-bond donors (Lipinski definition) is 17. The molecule has 0 amide bonds. The second-order valence-corrected chi connectivity index (χ2v) is 31.7. The Hall–Kier alpha value is -2.07. The molecule has 580 valence electrons. The van der Waals surface area contributed by atoms with Gasteiger partial charge in [0.25, 0.3) is 0 Å². The minimum absolute atomic E-state index is 0.0933. The number of rotatable bonds is 20. The molecule has 0 aromatic carbocycles. The summed E-state index contributed by atoms with van der Waals surface area (Å²) in [5.74, 6) is -0.921. The molecule has 8 saturated heterocycles. The van der Waals surface area contributed by atoms with E-state index >= 15 is 0 Å². The maximum atomic E-state index is 14.8. The molecule has 0 aromatic rings. The second-order valence-electron chi connectivity index (χ2n) is 31.7. The number of esters is 1. The van der Waals surface area contributed by atoms with Crippen molar-refractivity contribution in [1.29, 1.82) is 0 Å². The highest BCUT2D eigenvalue weighted by Gasteiger charge is 2.80. The van der Waals surface area contributed by atoms with E-state index in [-0.39, 0.29) is 23.9 Å². The van der Waals surface area contributed by atoms with Crippen LogP contribution in [0.1, 0.15) is 99.8 Å². The van der Waals surface area contributed by atoms with Gasteiger partial charge in [0.2, 0.25) is 0 Å². The fraction of sp³-hybridized carbons (Fsp3) is 0.955. The topological polar surface area (TPSA) is 509 Å². The van der Waals surface area contributed by atoms with Gasteiger partial charge in [-0.05, 0) is 100 Å². The van der Waals surface area contributed by atoms with Crippen LogP contribution >= 0.6 is 0 Å². The Morgan fingerprint density at radius 2 is 0.911 bits per heavy atom. The predicted octanol–water partition coefficient (Wildman–Crippen LogP) is -5.93. The number of aliphatic hydroxyl groups is 17. The molecule has 0 aromatic heterocycles. The van der Waals surface area contributed by atoms with Crippen LogP contribution in [0.4, 0.5) is 0 Å². The highest BCUT2D eigenvalue weighted by molar-refractivity contribution is 5.84. The van der Waals surface area contributed by atoms with Gasteiger partial charge in [0.15, 0.2) is 37.7 Å². The van der Waals surface area contributed by atoms with Crippen molar-refractivity contribution in [2.75, 3.05) is 53.9 Å². The molecule has 39 atom stereocenters. The van der Waals surface area contributed by atoms with Gasteiger partial charge in [-0.3, -0.25) is 4.79 Å². The molecule has 0 bridgehead atoms. The average Bonchev–Trinajstić information content (AvgIpc) is 1.52. The number of aliphatic hydroxyl groups excluding tert-OH is 17. The van der Waals surface area contributed by atoms with Crippen molar-refractivity contribution in [2.45, 2.75) is 307 Å². The lowest BCUT2D eigenvalue weighted by Crippen LogP contribution is -2.68. The number of ether oxygens (including phenoxy) is 16. The molecule has 0 radical (unpaired) electrons. The minimum Gasteiger partial charge on any atom is -0.456 e. The van der Waals surface area contributed by atoms with Crippen molar-refractivity contribution >= 4 is 5.97 Å². The molecular weight excluding hydrogens is 1350 g/mol. The first-order valence-corrected chi connectivity index (χ1v) is 35.4. The van der Waals surface area contributed by atoms with Gasteiger partial charge in [0.05, 0.1) is 63.6 Å². The number of fused-ring (bicyclic) bond motifs is 4. The van der Waals surface area contributed by atoms with E-state index in [0.717, 1.165) is 25.5 Å². The molecule has 3 saturated carbocycles. The normalized spacial score (nSPS) is 54.1. The Balaban J connectivity index is 0.789. The summed E-state index contributed by atoms with van der Waals surface area (Å²) < 4.78 is 96.3. The number of carbonyl (C=O) groups excluding carboxylic acids is 1. The van der Waals surface area contributed by atoms with E-state index in [2.05, 4.69) is 13.8 Å². The van der Waals surface area contributed by atoms with Crippen LogP contribution in [0.3, 0.4) is 0 Å². The minimum atomic E-state index is -2.19. The van der Waals surface area contributed by atoms with Crippen LogP contribution < -0.4 is 0 Å². The smallest absolute Gasteiger partial charge is 0.316 e. The van der Waals surface area contributed by atoms with Crippen LogP contribution in [0, 0.1) is 39.4 Å². The first kappa shape index (κ1) is 78.5. The molecule has 17 N–H and O–H groups in total. The molecule has 8 aliphatic heterocycles. The third-order valence-corrected chi connectivity index (χ3v) is 25.5. The summed E-state index contributed by atoms with van der Waals surface area (Å²) in [6.07, 6.45) is -46.2. The van der Waals surface area contributed by atoms with E-state index in [9.17, 15) is 91.6 Å². The fourth-order valence-electron chi connectivity index (χ4n) is 20.0. The van der Waals surface area contributed by atoms with Crippen molar-refractivity contribution < 1.29 is 167 Å². The zero-order chi connectivity index (χ0) is 73.3. The third-order valence-electron chi connectivity index (χ3n) is 25.5. The molecule has 4 aliphatic carbocycles. The number of allylic oxidation sites excluding steroid dienone is 1. The van der Waals surface area contributed by atoms with E-state index in [1.54, 1.807) is 0 Å². The van der Waals surface area contributed by atoms with Crippen LogP contribution in [0.25, 0.3) is 0 Å². The number of carbonyl (C=O) groups is 1. The van der Waals surface area contributed by atoms with Crippen LogP contribution in [-0.4, -0.2) is 354 Å². The lowest BCUT2D eigenvalue weighted by atomic mass is 9.40. The molecule has 12 rings (SSSR count). The number of cyclic esters (lactones) is 1. The Labute approximate surface area is 584 Å². The molecule has 34 nitrogen and oxygen atoms in total. The van der Waals surface area contributed by atoms with Crippen LogP contribution in [0.15, 0.2) is 11.6 Å². The molecule has 12 aliphatic rings. The van der Waals surface area contributed by atoms with Gasteiger partial charge in [-0.15, -0.1) is 0 Å². The maximum absolute atomic E-state index is 14.8.